The maximum Gasteiger partial charge on any atom is 0.255 e. The fraction of sp³-hybridized carbons (Fsp3) is 0.429. The average Bonchev–Trinajstić information content (AvgIpc) is 3.43. The summed E-state index contributed by atoms with van der Waals surface area (Å²) in [5.41, 5.74) is 7.32. The molecule has 1 aliphatic heterocycles. The molecule has 2 aliphatic rings. The number of aliphatic hydroxyl groups excluding tert-OH is 1. The van der Waals surface area contributed by atoms with Gasteiger partial charge in [0.2, 0.25) is 5.91 Å². The monoisotopic (exact) mass is 549 g/mol. The number of aryl methyl sites for hydroxylation is 1. The predicted molar refractivity (Wildman–Crippen MR) is 146 cm³/mol. The van der Waals surface area contributed by atoms with E-state index < -0.39 is 11.7 Å². The number of aromatic nitrogens is 4. The van der Waals surface area contributed by atoms with Crippen LogP contribution >= 0.6 is 0 Å². The molecule has 2 fully saturated rings. The molecule has 0 unspecified atom stereocenters. The first-order valence-corrected chi connectivity index (χ1v) is 13.2. The van der Waals surface area contributed by atoms with Gasteiger partial charge in [0.25, 0.3) is 5.91 Å². The summed E-state index contributed by atoms with van der Waals surface area (Å²) < 4.78 is 24.1. The lowest BCUT2D eigenvalue weighted by atomic mass is 10.1. The Morgan fingerprint density at radius 3 is 2.75 bits per heavy atom. The summed E-state index contributed by atoms with van der Waals surface area (Å²) in [5, 5.41) is 17.0. The van der Waals surface area contributed by atoms with Crippen molar-refractivity contribution in [3.63, 3.8) is 0 Å². The lowest BCUT2D eigenvalue weighted by molar-refractivity contribution is -0.127. The molecule has 5 rings (SSSR count). The van der Waals surface area contributed by atoms with Crippen LogP contribution in [0, 0.1) is 24.6 Å². The molecule has 1 aliphatic carbocycles. The molecule has 0 bridgehead atoms. The van der Waals surface area contributed by atoms with Gasteiger partial charge in [-0.1, -0.05) is 12.5 Å². The first-order valence-electron chi connectivity index (χ1n) is 13.2. The molecule has 210 valence electrons. The standard InChI is InChI=1S/C28H32FN7O4/c1-4-25(38)34-14-19(12-20(34)15-40-3)36-28(31-9-10-37)26(27(30)39)22(33-36)8-5-17-11-23-24(13-21(17)29)35(16(2)32-23)18-6-7-18/h4,11,13,18-20,31,37H,1,6-7,9-10,12,14-15H2,2-3H3,(H2,30,39)/t19-,20+/m0/s1. The molecule has 4 N–H and O–H groups in total. The number of carbonyl (C=O) groups excluding carboxylic acids is 2. The van der Waals surface area contributed by atoms with E-state index in [-0.39, 0.29) is 60.3 Å². The number of carbonyl (C=O) groups is 2. The number of imidazole rings is 1. The van der Waals surface area contributed by atoms with Crippen LogP contribution in [0.4, 0.5) is 10.2 Å². The molecule has 0 spiro atoms. The van der Waals surface area contributed by atoms with Crippen LogP contribution in [0.1, 0.15) is 58.8 Å². The molecule has 2 atom stereocenters. The number of aliphatic hydroxyl groups is 1. The van der Waals surface area contributed by atoms with Crippen molar-refractivity contribution >= 4 is 28.7 Å². The van der Waals surface area contributed by atoms with Crippen molar-refractivity contribution < 1.29 is 23.8 Å². The van der Waals surface area contributed by atoms with Crippen LogP contribution in [0.15, 0.2) is 24.8 Å². The number of anilines is 1. The first kappa shape index (κ1) is 27.4. The van der Waals surface area contributed by atoms with E-state index in [1.54, 1.807) is 22.8 Å². The fourth-order valence-electron chi connectivity index (χ4n) is 5.42. The van der Waals surface area contributed by atoms with Crippen molar-refractivity contribution in [2.24, 2.45) is 5.73 Å². The second-order valence-electron chi connectivity index (χ2n) is 10.1. The Hall–Kier alpha value is -4.21. The molecule has 0 radical (unpaired) electrons. The van der Waals surface area contributed by atoms with E-state index >= 15 is 4.39 Å². The molecular formula is C28H32FN7O4. The Labute approximate surface area is 230 Å². The van der Waals surface area contributed by atoms with Crippen LogP contribution in [0.25, 0.3) is 11.0 Å². The first-order chi connectivity index (χ1) is 19.3. The topological polar surface area (TPSA) is 141 Å². The molecule has 1 aromatic carbocycles. The lowest BCUT2D eigenvalue weighted by Gasteiger charge is -2.22. The summed E-state index contributed by atoms with van der Waals surface area (Å²) in [7, 11) is 1.55. The molecular weight excluding hydrogens is 517 g/mol. The highest BCUT2D eigenvalue weighted by Gasteiger charge is 2.38. The van der Waals surface area contributed by atoms with Gasteiger partial charge in [-0.15, -0.1) is 0 Å². The third-order valence-electron chi connectivity index (χ3n) is 7.30. The van der Waals surface area contributed by atoms with E-state index in [2.05, 4.69) is 38.4 Å². The van der Waals surface area contributed by atoms with E-state index in [4.69, 9.17) is 10.5 Å². The van der Waals surface area contributed by atoms with Gasteiger partial charge < -0.3 is 30.4 Å². The van der Waals surface area contributed by atoms with Gasteiger partial charge in [-0.05, 0) is 44.2 Å². The molecule has 1 saturated heterocycles. The van der Waals surface area contributed by atoms with Crippen LogP contribution in [-0.4, -0.2) is 80.6 Å². The van der Waals surface area contributed by atoms with Gasteiger partial charge >= 0.3 is 0 Å². The minimum atomic E-state index is -0.781. The number of benzene rings is 1. The Balaban J connectivity index is 1.55. The highest BCUT2D eigenvalue weighted by Crippen LogP contribution is 2.39. The number of nitrogens with zero attached hydrogens (tertiary/aromatic N) is 5. The van der Waals surface area contributed by atoms with Crippen molar-refractivity contribution in [2.75, 3.05) is 38.7 Å². The van der Waals surface area contributed by atoms with Crippen molar-refractivity contribution in [3.05, 3.63) is 53.3 Å². The van der Waals surface area contributed by atoms with Gasteiger partial charge in [0.05, 0.1) is 41.9 Å². The Morgan fingerprint density at radius 1 is 1.32 bits per heavy atom. The number of primary amides is 1. The van der Waals surface area contributed by atoms with Crippen LogP contribution in [0.5, 0.6) is 0 Å². The summed E-state index contributed by atoms with van der Waals surface area (Å²) >= 11 is 0. The summed E-state index contributed by atoms with van der Waals surface area (Å²) in [5.74, 6) is 5.21. The molecule has 3 aromatic rings. The number of likely N-dealkylation sites (tertiary alicyclic amines) is 1. The molecule has 40 heavy (non-hydrogen) atoms. The third kappa shape index (κ3) is 5.05. The number of amides is 2. The smallest absolute Gasteiger partial charge is 0.255 e. The van der Waals surface area contributed by atoms with Gasteiger partial charge in [-0.25, -0.2) is 14.1 Å². The molecule has 11 nitrogen and oxygen atoms in total. The zero-order chi connectivity index (χ0) is 28.6. The Bertz CT molecular complexity index is 1550. The second kappa shape index (κ2) is 11.1. The van der Waals surface area contributed by atoms with E-state index in [9.17, 15) is 14.7 Å². The molecule has 2 aromatic heterocycles. The summed E-state index contributed by atoms with van der Waals surface area (Å²) in [4.78, 5) is 31.3. The van der Waals surface area contributed by atoms with E-state index in [1.165, 1.54) is 12.1 Å². The van der Waals surface area contributed by atoms with Crippen molar-refractivity contribution in [3.8, 4) is 11.8 Å². The average molecular weight is 550 g/mol. The maximum absolute atomic E-state index is 15.2. The van der Waals surface area contributed by atoms with Gasteiger partial charge in [0, 0.05) is 32.3 Å². The normalized spacial score (nSPS) is 18.6. The van der Waals surface area contributed by atoms with Crippen LogP contribution in [0.3, 0.4) is 0 Å². The minimum absolute atomic E-state index is 0.0214. The molecule has 3 heterocycles. The highest BCUT2D eigenvalue weighted by molar-refractivity contribution is 6.00. The highest BCUT2D eigenvalue weighted by atomic mass is 19.1. The quantitative estimate of drug-likeness (QED) is 0.274. The van der Waals surface area contributed by atoms with Gasteiger partial charge in [0.15, 0.2) is 5.69 Å². The lowest BCUT2D eigenvalue weighted by Crippen LogP contribution is -2.37. The van der Waals surface area contributed by atoms with Gasteiger partial charge in [-0.2, -0.15) is 5.10 Å². The van der Waals surface area contributed by atoms with Crippen molar-refractivity contribution in [1.82, 2.24) is 24.2 Å². The predicted octanol–water partition coefficient (Wildman–Crippen LogP) is 1.89. The number of halogens is 1. The van der Waals surface area contributed by atoms with Crippen LogP contribution in [0.2, 0.25) is 0 Å². The second-order valence-corrected chi connectivity index (χ2v) is 10.1. The number of nitrogens with two attached hydrogens (primary N) is 1. The van der Waals surface area contributed by atoms with Crippen LogP contribution in [-0.2, 0) is 9.53 Å². The largest absolute Gasteiger partial charge is 0.395 e. The summed E-state index contributed by atoms with van der Waals surface area (Å²) in [6, 6.07) is 2.81. The molecule has 12 heteroatoms. The number of hydrogen-bond acceptors (Lipinski definition) is 7. The fourth-order valence-corrected chi connectivity index (χ4v) is 5.42. The zero-order valence-electron chi connectivity index (χ0n) is 22.5. The summed E-state index contributed by atoms with van der Waals surface area (Å²) in [6.45, 7) is 5.99. The zero-order valence-corrected chi connectivity index (χ0v) is 22.5. The Kier molecular flexibility index (Phi) is 7.60. The molecule has 1 saturated carbocycles. The van der Waals surface area contributed by atoms with Crippen molar-refractivity contribution in [2.45, 2.75) is 44.3 Å². The Morgan fingerprint density at radius 2 is 2.10 bits per heavy atom. The number of fused-ring (bicyclic) bond motifs is 1. The van der Waals surface area contributed by atoms with E-state index in [0.29, 0.717) is 24.6 Å². The number of hydrogen-bond donors (Lipinski definition) is 3. The van der Waals surface area contributed by atoms with Crippen LogP contribution < -0.4 is 11.1 Å². The van der Waals surface area contributed by atoms with Crippen molar-refractivity contribution in [1.29, 1.82) is 0 Å². The molecule has 2 amide bonds. The number of rotatable bonds is 9. The van der Waals surface area contributed by atoms with Gasteiger partial charge in [0.1, 0.15) is 23.0 Å². The van der Waals surface area contributed by atoms with E-state index in [0.717, 1.165) is 24.2 Å². The number of methoxy groups -OCH3 is 1. The SMILES string of the molecule is C=CC(=O)N1C[C@@H](n2nc(C#Cc3cc4nc(C)n(C5CC5)c4cc3F)c(C(N)=O)c2NCCO)C[C@@H]1COC. The third-order valence-corrected chi connectivity index (χ3v) is 7.30. The maximum atomic E-state index is 15.2. The summed E-state index contributed by atoms with van der Waals surface area (Å²) in [6.07, 6.45) is 3.83. The number of ether oxygens (including phenoxy) is 1. The van der Waals surface area contributed by atoms with E-state index in [1.807, 2.05) is 6.92 Å². The number of nitrogens with one attached hydrogen (secondary N) is 1. The van der Waals surface area contributed by atoms with Gasteiger partial charge in [-0.3, -0.25) is 9.59 Å². The minimum Gasteiger partial charge on any atom is -0.395 e.